The zero-order valence-electron chi connectivity index (χ0n) is 20.4. The predicted octanol–water partition coefficient (Wildman–Crippen LogP) is 6.37. The molecule has 0 amide bonds. The van der Waals surface area contributed by atoms with Crippen molar-refractivity contribution in [1.29, 1.82) is 0 Å². The van der Waals surface area contributed by atoms with Crippen molar-refractivity contribution in [3.05, 3.63) is 41.5 Å². The summed E-state index contributed by atoms with van der Waals surface area (Å²) >= 11 is 0. The normalized spacial score (nSPS) is 19.4. The highest BCUT2D eigenvalue weighted by molar-refractivity contribution is 6.60. The summed E-state index contributed by atoms with van der Waals surface area (Å²) in [6.07, 6.45) is 12.0. The summed E-state index contributed by atoms with van der Waals surface area (Å²) in [5.41, 5.74) is 2.44. The van der Waals surface area contributed by atoms with E-state index in [1.165, 1.54) is 57.3 Å². The van der Waals surface area contributed by atoms with Crippen LogP contribution in [-0.2, 0) is 22.8 Å². The summed E-state index contributed by atoms with van der Waals surface area (Å²) in [5, 5.41) is 0. The number of unbranched alkanes of at least 4 members (excludes halogenated alkanes) is 1. The van der Waals surface area contributed by atoms with Gasteiger partial charge in [-0.2, -0.15) is 0 Å². The van der Waals surface area contributed by atoms with Crippen molar-refractivity contribution in [3.63, 3.8) is 0 Å². The van der Waals surface area contributed by atoms with Crippen LogP contribution >= 0.6 is 0 Å². The van der Waals surface area contributed by atoms with Gasteiger partial charge in [-0.05, 0) is 81.9 Å². The fourth-order valence-electron chi connectivity index (χ4n) is 4.67. The van der Waals surface area contributed by atoms with Gasteiger partial charge in [-0.25, -0.2) is 4.79 Å². The summed E-state index contributed by atoms with van der Waals surface area (Å²) in [4.78, 5) is 11.2. The van der Waals surface area contributed by atoms with Gasteiger partial charge in [0.05, 0.1) is 7.11 Å². The topological polar surface area (TPSA) is 54.0 Å². The van der Waals surface area contributed by atoms with Crippen molar-refractivity contribution >= 4 is 20.8 Å². The number of ether oxygens (including phenoxy) is 1. The van der Waals surface area contributed by atoms with E-state index in [4.69, 9.17) is 13.3 Å². The van der Waals surface area contributed by atoms with Crippen molar-refractivity contribution in [3.8, 4) is 0 Å². The predicted molar refractivity (Wildman–Crippen MR) is 131 cm³/mol. The number of benzene rings is 1. The molecule has 6 heteroatoms. The molecule has 0 bridgehead atoms. The number of methoxy groups -OCH3 is 1. The highest BCUT2D eigenvalue weighted by Gasteiger charge is 2.39. The third-order valence-corrected chi connectivity index (χ3v) is 9.46. The lowest BCUT2D eigenvalue weighted by Gasteiger charge is -2.30. The molecule has 0 saturated heterocycles. The monoisotopic (exact) mass is 462 g/mol. The van der Waals surface area contributed by atoms with Gasteiger partial charge in [-0.1, -0.05) is 37.1 Å². The maximum Gasteiger partial charge on any atom is 0.500 e. The smallest absolute Gasteiger partial charge is 0.466 e. The van der Waals surface area contributed by atoms with E-state index in [0.29, 0.717) is 25.7 Å². The molecule has 180 valence electrons. The first kappa shape index (κ1) is 26.8. The average Bonchev–Trinajstić information content (AvgIpc) is 2.81. The van der Waals surface area contributed by atoms with Crippen molar-refractivity contribution in [2.24, 2.45) is 5.92 Å². The summed E-state index contributed by atoms with van der Waals surface area (Å²) in [6, 6.07) is 9.52. The van der Waals surface area contributed by atoms with E-state index in [9.17, 15) is 4.79 Å². The van der Waals surface area contributed by atoms with Crippen LogP contribution in [-0.4, -0.2) is 41.7 Å². The number of carbonyl (C=O) groups excluding carboxylic acids is 1. The van der Waals surface area contributed by atoms with Gasteiger partial charge in [0.1, 0.15) is 0 Å². The Morgan fingerprint density at radius 2 is 1.53 bits per heavy atom. The van der Waals surface area contributed by atoms with Gasteiger partial charge in [0.25, 0.3) is 0 Å². The minimum atomic E-state index is -2.49. The van der Waals surface area contributed by atoms with Gasteiger partial charge >= 0.3 is 14.8 Å². The minimum Gasteiger partial charge on any atom is -0.466 e. The van der Waals surface area contributed by atoms with Crippen LogP contribution in [0.15, 0.2) is 30.3 Å². The summed E-state index contributed by atoms with van der Waals surface area (Å²) in [6.45, 7) is 8.01. The molecule has 1 saturated carbocycles. The first-order valence-electron chi connectivity index (χ1n) is 12.3. The zero-order valence-corrected chi connectivity index (χ0v) is 21.4. The molecule has 0 aliphatic heterocycles. The zero-order chi connectivity index (χ0) is 23.2. The van der Waals surface area contributed by atoms with E-state index < -0.39 is 8.80 Å². The fraction of sp³-hybridized carbons (Fsp3) is 0.654. The molecule has 0 spiro atoms. The molecule has 1 aromatic rings. The number of esters is 1. The molecular weight excluding hydrogens is 420 g/mol. The van der Waals surface area contributed by atoms with Crippen molar-refractivity contribution in [1.82, 2.24) is 0 Å². The molecular formula is C26H42O5Si. The molecule has 0 N–H and O–H groups in total. The Kier molecular flexibility index (Phi) is 12.2. The summed E-state index contributed by atoms with van der Waals surface area (Å²) in [7, 11) is -1.09. The summed E-state index contributed by atoms with van der Waals surface area (Å²) in [5.74, 6) is 1.16. The molecule has 0 heterocycles. The van der Waals surface area contributed by atoms with E-state index in [1.54, 1.807) is 6.08 Å². The molecule has 1 aliphatic rings. The Morgan fingerprint density at radius 1 is 0.938 bits per heavy atom. The Labute approximate surface area is 195 Å². The Bertz CT molecular complexity index is 663. The molecule has 0 aromatic heterocycles. The first-order valence-corrected chi connectivity index (χ1v) is 14.3. The van der Waals surface area contributed by atoms with E-state index in [2.05, 4.69) is 29.0 Å². The van der Waals surface area contributed by atoms with Gasteiger partial charge < -0.3 is 18.0 Å². The summed E-state index contributed by atoms with van der Waals surface area (Å²) < 4.78 is 22.6. The van der Waals surface area contributed by atoms with Crippen molar-refractivity contribution in [2.75, 3.05) is 26.9 Å². The van der Waals surface area contributed by atoms with Crippen LogP contribution in [0.1, 0.15) is 82.8 Å². The van der Waals surface area contributed by atoms with Crippen LogP contribution < -0.4 is 0 Å². The lowest BCUT2D eigenvalue weighted by Crippen LogP contribution is -2.45. The van der Waals surface area contributed by atoms with Crippen molar-refractivity contribution in [2.45, 2.75) is 77.7 Å². The van der Waals surface area contributed by atoms with Crippen LogP contribution in [0.4, 0.5) is 0 Å². The fourth-order valence-corrected chi connectivity index (χ4v) is 7.36. The average molecular weight is 463 g/mol. The third-order valence-electron chi connectivity index (χ3n) is 6.31. The van der Waals surface area contributed by atoms with E-state index in [1.807, 2.05) is 20.8 Å². The molecule has 0 radical (unpaired) electrons. The lowest BCUT2D eigenvalue weighted by molar-refractivity contribution is -0.134. The first-order chi connectivity index (χ1) is 15.6. The second-order valence-corrected chi connectivity index (χ2v) is 11.2. The third kappa shape index (κ3) is 8.81. The number of rotatable bonds is 14. The SMILES string of the molecule is CCO[Si](CCCCC1CCC(c2ccc(C=CC(=O)OC)cc2)CC1)(OCC)OCC. The number of hydrogen-bond acceptors (Lipinski definition) is 5. The van der Waals surface area contributed by atoms with Gasteiger partial charge in [-0.15, -0.1) is 0 Å². The van der Waals surface area contributed by atoms with E-state index >= 15 is 0 Å². The molecule has 2 rings (SSSR count). The minimum absolute atomic E-state index is 0.325. The molecule has 1 fully saturated rings. The molecule has 1 aliphatic carbocycles. The van der Waals surface area contributed by atoms with Crippen molar-refractivity contribution < 1.29 is 22.8 Å². The standard InChI is InChI=1S/C26H42O5Si/c1-5-29-32(30-6-2,31-7-3)21-9-8-10-22-11-16-24(17-12-22)25-18-13-23(14-19-25)15-20-26(27)28-4/h13-15,18-20,22,24H,5-12,16-17,21H2,1-4H3. The van der Waals surface area contributed by atoms with E-state index in [-0.39, 0.29) is 5.97 Å². The number of hydrogen-bond donors (Lipinski definition) is 0. The lowest BCUT2D eigenvalue weighted by atomic mass is 9.77. The maximum absolute atomic E-state index is 11.2. The van der Waals surface area contributed by atoms with Crippen LogP contribution in [0.2, 0.25) is 6.04 Å². The Balaban J connectivity index is 1.73. The molecule has 32 heavy (non-hydrogen) atoms. The van der Waals surface area contributed by atoms with Crippen LogP contribution in [0.3, 0.4) is 0 Å². The molecule has 1 aromatic carbocycles. The second kappa shape index (κ2) is 14.6. The van der Waals surface area contributed by atoms with Gasteiger partial charge in [0.15, 0.2) is 0 Å². The van der Waals surface area contributed by atoms with Crippen LogP contribution in [0.25, 0.3) is 6.08 Å². The highest BCUT2D eigenvalue weighted by atomic mass is 28.4. The molecule has 5 nitrogen and oxygen atoms in total. The maximum atomic E-state index is 11.2. The molecule has 0 unspecified atom stereocenters. The van der Waals surface area contributed by atoms with Gasteiger partial charge in [0.2, 0.25) is 0 Å². The van der Waals surface area contributed by atoms with Gasteiger partial charge in [-0.3, -0.25) is 0 Å². The Morgan fingerprint density at radius 3 is 2.06 bits per heavy atom. The van der Waals surface area contributed by atoms with E-state index in [0.717, 1.165) is 23.9 Å². The highest BCUT2D eigenvalue weighted by Crippen LogP contribution is 2.38. The largest absolute Gasteiger partial charge is 0.500 e. The number of carbonyl (C=O) groups is 1. The molecule has 0 atom stereocenters. The quantitative estimate of drug-likeness (QED) is 0.139. The van der Waals surface area contributed by atoms with Crippen LogP contribution in [0.5, 0.6) is 0 Å². The van der Waals surface area contributed by atoms with Gasteiger partial charge in [0, 0.05) is 31.9 Å². The Hall–Kier alpha value is -1.47. The second-order valence-electron chi connectivity index (χ2n) is 8.47. The van der Waals surface area contributed by atoms with Crippen LogP contribution in [0, 0.1) is 5.92 Å².